The molecule has 0 aliphatic heterocycles. The summed E-state index contributed by atoms with van der Waals surface area (Å²) in [5, 5.41) is 8.18. The standard InChI is InChI=1S/C18H25N3/c1-12(2)21-14(4)18(13(3)20-21)19-11-15-5-7-16(8-6-15)17-9-10-17/h5-8,12,17,19H,9-11H2,1-4H3. The molecule has 0 atom stereocenters. The molecule has 0 amide bonds. The monoisotopic (exact) mass is 283 g/mol. The first kappa shape index (κ1) is 14.2. The fraction of sp³-hybridized carbons (Fsp3) is 0.500. The first-order valence-corrected chi connectivity index (χ1v) is 7.94. The Labute approximate surface area is 127 Å². The fourth-order valence-electron chi connectivity index (χ4n) is 2.94. The van der Waals surface area contributed by atoms with E-state index < -0.39 is 0 Å². The molecule has 112 valence electrons. The summed E-state index contributed by atoms with van der Waals surface area (Å²) < 4.78 is 2.09. The summed E-state index contributed by atoms with van der Waals surface area (Å²) in [7, 11) is 0. The summed E-state index contributed by atoms with van der Waals surface area (Å²) in [6.45, 7) is 9.40. The molecular weight excluding hydrogens is 258 g/mol. The van der Waals surface area contributed by atoms with E-state index in [0.29, 0.717) is 6.04 Å². The Morgan fingerprint density at radius 3 is 2.38 bits per heavy atom. The Morgan fingerprint density at radius 1 is 1.19 bits per heavy atom. The van der Waals surface area contributed by atoms with E-state index >= 15 is 0 Å². The summed E-state index contributed by atoms with van der Waals surface area (Å²) >= 11 is 0. The number of anilines is 1. The first-order chi connectivity index (χ1) is 10.1. The highest BCUT2D eigenvalue weighted by Crippen LogP contribution is 2.39. The molecule has 21 heavy (non-hydrogen) atoms. The number of aryl methyl sites for hydroxylation is 1. The van der Waals surface area contributed by atoms with E-state index in [4.69, 9.17) is 0 Å². The summed E-state index contributed by atoms with van der Waals surface area (Å²) in [6.07, 6.45) is 2.73. The fourth-order valence-corrected chi connectivity index (χ4v) is 2.94. The van der Waals surface area contributed by atoms with E-state index in [1.807, 2.05) is 0 Å². The quantitative estimate of drug-likeness (QED) is 0.871. The number of nitrogens with zero attached hydrogens (tertiary/aromatic N) is 2. The second-order valence-corrected chi connectivity index (χ2v) is 6.45. The van der Waals surface area contributed by atoms with Crippen LogP contribution in [0.25, 0.3) is 0 Å². The van der Waals surface area contributed by atoms with E-state index in [0.717, 1.165) is 18.2 Å². The summed E-state index contributed by atoms with van der Waals surface area (Å²) in [4.78, 5) is 0. The normalized spacial score (nSPS) is 14.7. The highest BCUT2D eigenvalue weighted by atomic mass is 15.3. The highest BCUT2D eigenvalue weighted by molar-refractivity contribution is 5.52. The molecule has 0 saturated heterocycles. The van der Waals surface area contributed by atoms with Crippen LogP contribution in [0.2, 0.25) is 0 Å². The molecule has 3 heteroatoms. The molecule has 3 nitrogen and oxygen atoms in total. The third kappa shape index (κ3) is 2.97. The molecule has 0 unspecified atom stereocenters. The molecule has 0 spiro atoms. The lowest BCUT2D eigenvalue weighted by Gasteiger charge is -2.10. The smallest absolute Gasteiger partial charge is 0.0828 e. The number of nitrogens with one attached hydrogen (secondary N) is 1. The number of benzene rings is 1. The predicted octanol–water partition coefficient (Wildman–Crippen LogP) is 4.57. The van der Waals surface area contributed by atoms with Crippen LogP contribution in [0.3, 0.4) is 0 Å². The predicted molar refractivity (Wildman–Crippen MR) is 87.8 cm³/mol. The average molecular weight is 283 g/mol. The van der Waals surface area contributed by atoms with Crippen molar-refractivity contribution in [2.24, 2.45) is 0 Å². The van der Waals surface area contributed by atoms with Gasteiger partial charge in [0.05, 0.1) is 17.1 Å². The molecule has 0 bridgehead atoms. The summed E-state index contributed by atoms with van der Waals surface area (Å²) in [5.74, 6) is 0.834. The molecule has 1 heterocycles. The molecule has 0 radical (unpaired) electrons. The largest absolute Gasteiger partial charge is 0.378 e. The van der Waals surface area contributed by atoms with Gasteiger partial charge in [-0.3, -0.25) is 4.68 Å². The van der Waals surface area contributed by atoms with Crippen molar-refractivity contribution in [3.63, 3.8) is 0 Å². The van der Waals surface area contributed by atoms with Crippen molar-refractivity contribution in [3.8, 4) is 0 Å². The number of rotatable bonds is 5. The first-order valence-electron chi connectivity index (χ1n) is 7.94. The number of hydrogen-bond acceptors (Lipinski definition) is 2. The lowest BCUT2D eigenvalue weighted by molar-refractivity contribution is 0.516. The maximum Gasteiger partial charge on any atom is 0.0828 e. The second kappa shape index (κ2) is 5.55. The average Bonchev–Trinajstić information content (AvgIpc) is 3.25. The molecule has 1 N–H and O–H groups in total. The van der Waals surface area contributed by atoms with Crippen molar-refractivity contribution in [2.75, 3.05) is 5.32 Å². The van der Waals surface area contributed by atoms with Gasteiger partial charge in [0.2, 0.25) is 0 Å². The van der Waals surface area contributed by atoms with Crippen LogP contribution in [0, 0.1) is 13.8 Å². The molecular formula is C18H25N3. The van der Waals surface area contributed by atoms with Gasteiger partial charge in [0.1, 0.15) is 0 Å². The lowest BCUT2D eigenvalue weighted by atomic mass is 10.1. The van der Waals surface area contributed by atoms with Gasteiger partial charge in [-0.15, -0.1) is 0 Å². The Kier molecular flexibility index (Phi) is 3.75. The van der Waals surface area contributed by atoms with Crippen molar-refractivity contribution < 1.29 is 0 Å². The highest BCUT2D eigenvalue weighted by Gasteiger charge is 2.22. The Bertz CT molecular complexity index is 619. The number of aromatic nitrogens is 2. The van der Waals surface area contributed by atoms with Gasteiger partial charge < -0.3 is 5.32 Å². The van der Waals surface area contributed by atoms with Crippen molar-refractivity contribution in [1.29, 1.82) is 0 Å². The minimum absolute atomic E-state index is 0.400. The Morgan fingerprint density at radius 2 is 1.86 bits per heavy atom. The van der Waals surface area contributed by atoms with E-state index in [-0.39, 0.29) is 0 Å². The van der Waals surface area contributed by atoms with E-state index in [2.05, 4.69) is 67.1 Å². The van der Waals surface area contributed by atoms with Crippen LogP contribution in [0.15, 0.2) is 24.3 Å². The molecule has 2 aromatic rings. The van der Waals surface area contributed by atoms with Crippen molar-refractivity contribution in [2.45, 2.75) is 59.0 Å². The van der Waals surface area contributed by atoms with E-state index in [9.17, 15) is 0 Å². The van der Waals surface area contributed by atoms with Crippen LogP contribution in [-0.4, -0.2) is 9.78 Å². The summed E-state index contributed by atoms with van der Waals surface area (Å²) in [5.41, 5.74) is 6.30. The second-order valence-electron chi connectivity index (χ2n) is 6.45. The number of hydrogen-bond donors (Lipinski definition) is 1. The molecule has 1 aromatic carbocycles. The zero-order valence-electron chi connectivity index (χ0n) is 13.5. The minimum atomic E-state index is 0.400. The van der Waals surface area contributed by atoms with Crippen LogP contribution < -0.4 is 5.32 Å². The zero-order valence-corrected chi connectivity index (χ0v) is 13.5. The minimum Gasteiger partial charge on any atom is -0.378 e. The third-order valence-electron chi connectivity index (χ3n) is 4.31. The third-order valence-corrected chi connectivity index (χ3v) is 4.31. The van der Waals surface area contributed by atoms with E-state index in [1.165, 1.54) is 35.3 Å². The van der Waals surface area contributed by atoms with Crippen LogP contribution in [0.5, 0.6) is 0 Å². The van der Waals surface area contributed by atoms with Gasteiger partial charge in [-0.05, 0) is 57.6 Å². The van der Waals surface area contributed by atoms with Crippen LogP contribution in [0.4, 0.5) is 5.69 Å². The zero-order chi connectivity index (χ0) is 15.0. The van der Waals surface area contributed by atoms with Crippen LogP contribution in [0.1, 0.15) is 61.2 Å². The van der Waals surface area contributed by atoms with Gasteiger partial charge in [0.25, 0.3) is 0 Å². The topological polar surface area (TPSA) is 29.9 Å². The molecule has 1 aliphatic rings. The van der Waals surface area contributed by atoms with Gasteiger partial charge in [0.15, 0.2) is 0 Å². The van der Waals surface area contributed by atoms with E-state index in [1.54, 1.807) is 0 Å². The van der Waals surface area contributed by atoms with Gasteiger partial charge in [-0.2, -0.15) is 5.10 Å². The SMILES string of the molecule is Cc1nn(C(C)C)c(C)c1NCc1ccc(C2CC2)cc1. The Hall–Kier alpha value is -1.77. The van der Waals surface area contributed by atoms with Crippen LogP contribution >= 0.6 is 0 Å². The van der Waals surface area contributed by atoms with Gasteiger partial charge in [0, 0.05) is 12.6 Å². The summed E-state index contributed by atoms with van der Waals surface area (Å²) in [6, 6.07) is 9.46. The molecule has 1 aliphatic carbocycles. The van der Waals surface area contributed by atoms with Crippen molar-refractivity contribution in [1.82, 2.24) is 9.78 Å². The molecule has 1 aromatic heterocycles. The molecule has 1 fully saturated rings. The van der Waals surface area contributed by atoms with Gasteiger partial charge in [-0.25, -0.2) is 0 Å². The Balaban J connectivity index is 1.69. The molecule has 3 rings (SSSR count). The lowest BCUT2D eigenvalue weighted by Crippen LogP contribution is -2.06. The maximum absolute atomic E-state index is 4.62. The van der Waals surface area contributed by atoms with Crippen molar-refractivity contribution in [3.05, 3.63) is 46.8 Å². The van der Waals surface area contributed by atoms with Crippen LogP contribution in [-0.2, 0) is 6.54 Å². The maximum atomic E-state index is 4.62. The van der Waals surface area contributed by atoms with Gasteiger partial charge in [-0.1, -0.05) is 24.3 Å². The van der Waals surface area contributed by atoms with Gasteiger partial charge >= 0.3 is 0 Å². The molecule has 1 saturated carbocycles. The van der Waals surface area contributed by atoms with Crippen molar-refractivity contribution >= 4 is 5.69 Å².